The van der Waals surface area contributed by atoms with Crippen LogP contribution in [0.2, 0.25) is 0 Å². The van der Waals surface area contributed by atoms with Crippen LogP contribution in [0.4, 0.5) is 0 Å². The summed E-state index contributed by atoms with van der Waals surface area (Å²) in [5, 5.41) is 22.3. The van der Waals surface area contributed by atoms with E-state index in [0.29, 0.717) is 0 Å². The Morgan fingerprint density at radius 3 is 1.46 bits per heavy atom. The number of halogens is 2. The topological polar surface area (TPSA) is 114 Å². The van der Waals surface area contributed by atoms with Gasteiger partial charge in [0.2, 0.25) is 0 Å². The van der Waals surface area contributed by atoms with Crippen LogP contribution in [0.15, 0.2) is 4.42 Å². The first-order valence-electron chi connectivity index (χ1n) is 2.41. The molecule has 1 heterocycles. The third-order valence-corrected chi connectivity index (χ3v) is 0.791. The molecule has 74 valence electrons. The Kier molecular flexibility index (Phi) is 5.82. The smallest absolute Gasteiger partial charge is 0.393 e. The minimum Gasteiger partial charge on any atom is -0.474 e. The average Bonchev–Trinajstić information content (AvgIpc) is 2.33. The maximum atomic E-state index is 10.0. The predicted molar refractivity (Wildman–Crippen MR) is 42.7 cm³/mol. The van der Waals surface area contributed by atoms with Crippen LogP contribution in [0.3, 0.4) is 0 Å². The van der Waals surface area contributed by atoms with Gasteiger partial charge in [-0.2, -0.15) is 0 Å². The van der Waals surface area contributed by atoms with E-state index in [2.05, 4.69) is 14.6 Å². The van der Waals surface area contributed by atoms with Gasteiger partial charge < -0.3 is 14.6 Å². The fraction of sp³-hybridized carbons (Fsp3) is 0. The largest absolute Gasteiger partial charge is 0.474 e. The van der Waals surface area contributed by atoms with Crippen molar-refractivity contribution in [3.63, 3.8) is 0 Å². The average molecular weight is 231 g/mol. The van der Waals surface area contributed by atoms with Gasteiger partial charge in [-0.1, -0.05) is 0 Å². The zero-order valence-electron chi connectivity index (χ0n) is 5.83. The molecular formula is C4H4Cl2N2O5. The zero-order valence-corrected chi connectivity index (χ0v) is 7.46. The standard InChI is InChI=1S/C4H2N2O5.2ClH/c7-3(8)1-5-6-2(11-1)4(9)10;;/h(H,7,8)(H,9,10);2*1H. The molecule has 1 aromatic rings. The Labute approximate surface area is 83.6 Å². The van der Waals surface area contributed by atoms with Gasteiger partial charge in [0.1, 0.15) is 0 Å². The van der Waals surface area contributed by atoms with Gasteiger partial charge in [0.05, 0.1) is 0 Å². The van der Waals surface area contributed by atoms with E-state index in [-0.39, 0.29) is 24.8 Å². The number of rotatable bonds is 2. The number of carbonyl (C=O) groups is 2. The van der Waals surface area contributed by atoms with Crippen molar-refractivity contribution in [1.82, 2.24) is 10.2 Å². The Balaban J connectivity index is 0. The van der Waals surface area contributed by atoms with Crippen LogP contribution in [-0.4, -0.2) is 32.3 Å². The lowest BCUT2D eigenvalue weighted by atomic mass is 10.7. The second-order valence-electron chi connectivity index (χ2n) is 1.52. The normalized spacial score (nSPS) is 8.00. The predicted octanol–water partition coefficient (Wildman–Crippen LogP) is 0.310. The number of hydrogen-bond donors (Lipinski definition) is 2. The molecule has 0 fully saturated rings. The van der Waals surface area contributed by atoms with E-state index >= 15 is 0 Å². The van der Waals surface area contributed by atoms with Crippen LogP contribution >= 0.6 is 24.8 Å². The highest BCUT2D eigenvalue weighted by molar-refractivity contribution is 5.86. The lowest BCUT2D eigenvalue weighted by molar-refractivity contribution is 0.0624. The molecular weight excluding hydrogens is 227 g/mol. The number of aromatic carboxylic acids is 2. The summed E-state index contributed by atoms with van der Waals surface area (Å²) in [5.74, 6) is -4.38. The van der Waals surface area contributed by atoms with Crippen molar-refractivity contribution < 1.29 is 24.2 Å². The summed E-state index contributed by atoms with van der Waals surface area (Å²) in [6.45, 7) is 0. The minimum atomic E-state index is -1.45. The summed E-state index contributed by atoms with van der Waals surface area (Å²) in [7, 11) is 0. The van der Waals surface area contributed by atoms with E-state index in [1.165, 1.54) is 0 Å². The van der Waals surface area contributed by atoms with Gasteiger partial charge in [0.15, 0.2) is 0 Å². The van der Waals surface area contributed by atoms with E-state index in [4.69, 9.17) is 10.2 Å². The van der Waals surface area contributed by atoms with Gasteiger partial charge in [-0.25, -0.2) is 9.59 Å². The Hall–Kier alpha value is -1.34. The van der Waals surface area contributed by atoms with Gasteiger partial charge in [0.25, 0.3) is 0 Å². The van der Waals surface area contributed by atoms with Gasteiger partial charge in [-0.05, 0) is 0 Å². The quantitative estimate of drug-likeness (QED) is 0.752. The first kappa shape index (κ1) is 14.2. The highest BCUT2D eigenvalue weighted by atomic mass is 35.5. The fourth-order valence-corrected chi connectivity index (χ4v) is 0.396. The van der Waals surface area contributed by atoms with E-state index in [1.54, 1.807) is 0 Å². The van der Waals surface area contributed by atoms with Crippen LogP contribution in [0.5, 0.6) is 0 Å². The third-order valence-electron chi connectivity index (χ3n) is 0.791. The van der Waals surface area contributed by atoms with Crippen LogP contribution in [-0.2, 0) is 0 Å². The van der Waals surface area contributed by atoms with Crippen molar-refractivity contribution in [2.75, 3.05) is 0 Å². The number of carboxylic acids is 2. The molecule has 0 spiro atoms. The molecule has 0 aliphatic rings. The van der Waals surface area contributed by atoms with Crippen molar-refractivity contribution in [3.8, 4) is 0 Å². The molecule has 0 unspecified atom stereocenters. The zero-order chi connectivity index (χ0) is 8.43. The maximum absolute atomic E-state index is 10.0. The molecule has 0 atom stereocenters. The van der Waals surface area contributed by atoms with E-state index in [9.17, 15) is 9.59 Å². The lowest BCUT2D eigenvalue weighted by Crippen LogP contribution is -1.96. The molecule has 0 bridgehead atoms. The molecule has 1 rings (SSSR count). The van der Waals surface area contributed by atoms with Crippen molar-refractivity contribution in [3.05, 3.63) is 11.8 Å². The molecule has 0 aromatic carbocycles. The van der Waals surface area contributed by atoms with Crippen LogP contribution in [0.25, 0.3) is 0 Å². The third kappa shape index (κ3) is 3.26. The SMILES string of the molecule is Cl.Cl.O=C(O)c1nnc(C(=O)O)o1. The molecule has 1 aromatic heterocycles. The summed E-state index contributed by atoms with van der Waals surface area (Å²) in [6, 6.07) is 0. The summed E-state index contributed by atoms with van der Waals surface area (Å²) in [4.78, 5) is 20.1. The first-order chi connectivity index (χ1) is 5.11. The molecule has 9 heteroatoms. The van der Waals surface area contributed by atoms with Gasteiger partial charge >= 0.3 is 23.7 Å². The molecule has 0 radical (unpaired) electrons. The molecule has 0 amide bonds. The van der Waals surface area contributed by atoms with Gasteiger partial charge in [-0.15, -0.1) is 35.0 Å². The Morgan fingerprint density at radius 2 is 1.31 bits per heavy atom. The van der Waals surface area contributed by atoms with E-state index < -0.39 is 23.7 Å². The first-order valence-corrected chi connectivity index (χ1v) is 2.41. The second-order valence-corrected chi connectivity index (χ2v) is 1.52. The van der Waals surface area contributed by atoms with Gasteiger partial charge in [-0.3, -0.25) is 0 Å². The van der Waals surface area contributed by atoms with Crippen LogP contribution in [0, 0.1) is 0 Å². The molecule has 7 nitrogen and oxygen atoms in total. The molecule has 2 N–H and O–H groups in total. The second kappa shape index (κ2) is 5.33. The molecule has 0 saturated carbocycles. The highest BCUT2D eigenvalue weighted by Crippen LogP contribution is 1.98. The van der Waals surface area contributed by atoms with Gasteiger partial charge in [0, 0.05) is 0 Å². The minimum absolute atomic E-state index is 0. The summed E-state index contributed by atoms with van der Waals surface area (Å²) in [5.41, 5.74) is 0. The van der Waals surface area contributed by atoms with Crippen molar-refractivity contribution in [2.24, 2.45) is 0 Å². The number of nitrogens with zero attached hydrogens (tertiary/aromatic N) is 2. The number of hydrogen-bond acceptors (Lipinski definition) is 5. The Morgan fingerprint density at radius 1 is 1.00 bits per heavy atom. The van der Waals surface area contributed by atoms with E-state index in [1.807, 2.05) is 0 Å². The summed E-state index contributed by atoms with van der Waals surface area (Å²) in [6.07, 6.45) is 0. The molecule has 0 aliphatic carbocycles. The molecule has 13 heavy (non-hydrogen) atoms. The maximum Gasteiger partial charge on any atom is 0.393 e. The van der Waals surface area contributed by atoms with Crippen molar-refractivity contribution in [1.29, 1.82) is 0 Å². The monoisotopic (exact) mass is 230 g/mol. The van der Waals surface area contributed by atoms with Crippen molar-refractivity contribution >= 4 is 36.8 Å². The van der Waals surface area contributed by atoms with Crippen LogP contribution < -0.4 is 0 Å². The molecule has 0 aliphatic heterocycles. The van der Waals surface area contributed by atoms with E-state index in [0.717, 1.165) is 0 Å². The van der Waals surface area contributed by atoms with Crippen LogP contribution in [0.1, 0.15) is 21.4 Å². The number of carboxylic acid groups (broad SMARTS) is 2. The summed E-state index contributed by atoms with van der Waals surface area (Å²) >= 11 is 0. The number of aromatic nitrogens is 2. The lowest BCUT2D eigenvalue weighted by Gasteiger charge is -1.80. The molecule has 0 saturated heterocycles. The highest BCUT2D eigenvalue weighted by Gasteiger charge is 2.16. The fourth-order valence-electron chi connectivity index (χ4n) is 0.396. The van der Waals surface area contributed by atoms with Crippen molar-refractivity contribution in [2.45, 2.75) is 0 Å². The Bertz CT molecular complexity index is 283. The summed E-state index contributed by atoms with van der Waals surface area (Å²) < 4.78 is 4.19.